The fourth-order valence-corrected chi connectivity index (χ4v) is 3.14. The number of rotatable bonds is 0. The molecule has 1 fully saturated rings. The maximum atomic E-state index is 8.63. The van der Waals surface area contributed by atoms with Crippen LogP contribution in [0.5, 0.6) is 17.2 Å². The Balaban J connectivity index is 0.000000180. The van der Waals surface area contributed by atoms with E-state index in [1.54, 1.807) is 72.8 Å². The van der Waals surface area contributed by atoms with Crippen LogP contribution in [0.4, 0.5) is 0 Å². The van der Waals surface area contributed by atoms with Crippen molar-refractivity contribution in [3.05, 3.63) is 91.0 Å². The van der Waals surface area contributed by atoms with Gasteiger partial charge in [0.25, 0.3) is 0 Å². The highest BCUT2D eigenvalue weighted by Crippen LogP contribution is 2.04. The summed E-state index contributed by atoms with van der Waals surface area (Å²) in [6.45, 7) is 1.06. The summed E-state index contributed by atoms with van der Waals surface area (Å²) in [6.07, 6.45) is 2.75. The summed E-state index contributed by atoms with van der Waals surface area (Å²) in [5.74, 6) is 0.965. The average molecular weight is 385 g/mol. The van der Waals surface area contributed by atoms with Crippen molar-refractivity contribution in [2.24, 2.45) is 0 Å². The van der Waals surface area contributed by atoms with Crippen molar-refractivity contribution in [1.29, 1.82) is 0 Å². The van der Waals surface area contributed by atoms with Crippen LogP contribution in [0, 0.1) is 0 Å². The molecular weight excluding hydrogens is 356 g/mol. The number of hydrogen-bond acceptors (Lipinski definition) is 4. The summed E-state index contributed by atoms with van der Waals surface area (Å²) < 4.78 is 5.21. The van der Waals surface area contributed by atoms with Crippen LogP contribution in [0.3, 0.4) is 0 Å². The molecule has 3 aromatic carbocycles. The van der Waals surface area contributed by atoms with E-state index in [4.69, 9.17) is 19.7 Å². The number of aromatic hydroxyl groups is 3. The maximum Gasteiger partial charge on any atom is 0.161 e. The van der Waals surface area contributed by atoms with E-state index in [-0.39, 0.29) is 9.76 Å². The highest BCUT2D eigenvalue weighted by Gasteiger charge is 1.96. The van der Waals surface area contributed by atoms with Crippen molar-refractivity contribution in [2.75, 3.05) is 6.61 Å². The van der Waals surface area contributed by atoms with Gasteiger partial charge in [0.05, 0.1) is 0 Å². The Labute approximate surface area is 163 Å². The van der Waals surface area contributed by atoms with Gasteiger partial charge in [0, 0.05) is 6.61 Å². The van der Waals surface area contributed by atoms with Crippen molar-refractivity contribution in [3.63, 3.8) is 0 Å². The van der Waals surface area contributed by atoms with Crippen molar-refractivity contribution >= 4 is 9.76 Å². The number of phenolic OH excluding ortho intramolecular Hbond substituents is 3. The zero-order valence-electron chi connectivity index (χ0n) is 15.4. The molecule has 0 saturated carbocycles. The van der Waals surface area contributed by atoms with Gasteiger partial charge in [0.15, 0.2) is 9.76 Å². The largest absolute Gasteiger partial charge is 0.508 e. The molecule has 0 amide bonds. The van der Waals surface area contributed by atoms with E-state index in [1.807, 2.05) is 18.2 Å². The molecule has 0 spiro atoms. The number of hydrogen-bond donors (Lipinski definition) is 3. The topological polar surface area (TPSA) is 69.9 Å². The summed E-state index contributed by atoms with van der Waals surface area (Å²) in [5.41, 5.74) is 0. The number of benzene rings is 3. The molecule has 1 aliphatic heterocycles. The average Bonchev–Trinajstić information content (AvgIpc) is 2.73. The number of para-hydroxylation sites is 3. The first-order chi connectivity index (χ1) is 13.2. The predicted octanol–water partition coefficient (Wildman–Crippen LogP) is 4.48. The summed E-state index contributed by atoms with van der Waals surface area (Å²) >= 11 is 0. The number of phenols is 3. The van der Waals surface area contributed by atoms with Gasteiger partial charge in [-0.15, -0.1) is 0 Å². The Morgan fingerprint density at radius 2 is 0.926 bits per heavy atom. The lowest BCUT2D eigenvalue weighted by Gasteiger charge is -2.07. The van der Waals surface area contributed by atoms with Crippen molar-refractivity contribution in [1.82, 2.24) is 0 Å². The quantitative estimate of drug-likeness (QED) is 0.500. The second kappa shape index (κ2) is 15.5. The fraction of sp³-hybridized carbons (Fsp3) is 0.182. The van der Waals surface area contributed by atoms with Crippen LogP contribution in [-0.4, -0.2) is 31.7 Å². The molecular formula is C22H28O4Si. The molecule has 3 aromatic rings. The van der Waals surface area contributed by atoms with E-state index in [2.05, 4.69) is 0 Å². The molecule has 0 aromatic heterocycles. The zero-order valence-corrected chi connectivity index (χ0v) is 16.9. The molecule has 1 heterocycles. The van der Waals surface area contributed by atoms with E-state index in [0.29, 0.717) is 17.2 Å². The zero-order chi connectivity index (χ0) is 19.6. The van der Waals surface area contributed by atoms with Gasteiger partial charge < -0.3 is 19.7 Å². The van der Waals surface area contributed by atoms with Crippen LogP contribution in [0.2, 0.25) is 6.04 Å². The summed E-state index contributed by atoms with van der Waals surface area (Å²) in [7, 11) is 0.00849. The second-order valence-corrected chi connectivity index (χ2v) is 7.20. The fourth-order valence-electron chi connectivity index (χ4n) is 1.97. The summed E-state index contributed by atoms with van der Waals surface area (Å²) in [6, 6.07) is 27.6. The van der Waals surface area contributed by atoms with Gasteiger partial charge in [-0.25, -0.2) is 0 Å². The highest BCUT2D eigenvalue weighted by atomic mass is 28.2. The minimum absolute atomic E-state index is 0.00849. The maximum absolute atomic E-state index is 8.63. The molecule has 4 rings (SSSR count). The summed E-state index contributed by atoms with van der Waals surface area (Å²) in [4.78, 5) is 0. The van der Waals surface area contributed by atoms with E-state index < -0.39 is 0 Å². The minimum atomic E-state index is 0.00849. The monoisotopic (exact) mass is 384 g/mol. The Kier molecular flexibility index (Phi) is 12.8. The van der Waals surface area contributed by atoms with Gasteiger partial charge in [-0.2, -0.15) is 0 Å². The van der Waals surface area contributed by atoms with Crippen molar-refractivity contribution in [2.45, 2.75) is 18.9 Å². The molecule has 1 aliphatic rings. The van der Waals surface area contributed by atoms with Crippen LogP contribution < -0.4 is 0 Å². The smallest absolute Gasteiger partial charge is 0.161 e. The first-order valence-corrected chi connectivity index (χ1v) is 10.6. The van der Waals surface area contributed by atoms with Gasteiger partial charge >= 0.3 is 0 Å². The standard InChI is InChI=1S/3C6H6O.C4H10OSi/c3*7-6-4-2-1-3-5-6;1-2-4-6-5-3-1/h3*1-5,7H;1-4,6H2. The molecule has 0 aliphatic carbocycles. The molecule has 0 bridgehead atoms. The summed E-state index contributed by atoms with van der Waals surface area (Å²) in [5, 5.41) is 25.9. The molecule has 1 saturated heterocycles. The van der Waals surface area contributed by atoms with E-state index in [9.17, 15) is 0 Å². The molecule has 0 radical (unpaired) electrons. The van der Waals surface area contributed by atoms with E-state index >= 15 is 0 Å². The molecule has 0 unspecified atom stereocenters. The van der Waals surface area contributed by atoms with Crippen LogP contribution >= 0.6 is 0 Å². The Hall–Kier alpha value is -2.76. The van der Waals surface area contributed by atoms with Crippen LogP contribution in [0.15, 0.2) is 91.0 Å². The Morgan fingerprint density at radius 3 is 1.04 bits per heavy atom. The highest BCUT2D eigenvalue weighted by molar-refractivity contribution is 6.27. The lowest BCUT2D eigenvalue weighted by atomic mass is 10.3. The van der Waals surface area contributed by atoms with E-state index in [1.165, 1.54) is 18.9 Å². The molecule has 5 heteroatoms. The van der Waals surface area contributed by atoms with Crippen molar-refractivity contribution in [3.8, 4) is 17.2 Å². The van der Waals surface area contributed by atoms with E-state index in [0.717, 1.165) is 6.61 Å². The molecule has 0 atom stereocenters. The van der Waals surface area contributed by atoms with Gasteiger partial charge in [0.1, 0.15) is 17.2 Å². The first kappa shape index (κ1) is 22.3. The molecule has 3 N–H and O–H groups in total. The van der Waals surface area contributed by atoms with Gasteiger partial charge in [-0.3, -0.25) is 0 Å². The Bertz CT molecular complexity index is 574. The normalized spacial score (nSPS) is 12.9. The van der Waals surface area contributed by atoms with Gasteiger partial charge in [-0.05, 0) is 48.9 Å². The third kappa shape index (κ3) is 14.1. The van der Waals surface area contributed by atoms with Crippen molar-refractivity contribution < 1.29 is 19.7 Å². The Morgan fingerprint density at radius 1 is 0.556 bits per heavy atom. The van der Waals surface area contributed by atoms with Crippen LogP contribution in [0.1, 0.15) is 12.8 Å². The third-order valence-corrected chi connectivity index (χ3v) is 4.71. The SMILES string of the molecule is C1CC[SiH2]OC1.Oc1ccccc1.Oc1ccccc1.Oc1ccccc1. The van der Waals surface area contributed by atoms with Crippen LogP contribution in [-0.2, 0) is 4.43 Å². The lowest BCUT2D eigenvalue weighted by molar-refractivity contribution is 0.304. The third-order valence-electron chi connectivity index (χ3n) is 3.35. The molecule has 144 valence electrons. The molecule has 4 nitrogen and oxygen atoms in total. The first-order valence-electron chi connectivity index (χ1n) is 8.98. The van der Waals surface area contributed by atoms with Crippen LogP contribution in [0.25, 0.3) is 0 Å². The molecule has 27 heavy (non-hydrogen) atoms. The minimum Gasteiger partial charge on any atom is -0.508 e. The van der Waals surface area contributed by atoms with Gasteiger partial charge in [0.2, 0.25) is 0 Å². The lowest BCUT2D eigenvalue weighted by Crippen LogP contribution is -2.06. The van der Waals surface area contributed by atoms with Gasteiger partial charge in [-0.1, -0.05) is 61.0 Å². The second-order valence-electron chi connectivity index (χ2n) is 5.68. The predicted molar refractivity (Wildman–Crippen MR) is 113 cm³/mol.